The van der Waals surface area contributed by atoms with Gasteiger partial charge in [-0.05, 0) is 32.4 Å². The quantitative estimate of drug-likeness (QED) is 0.505. The molecule has 0 aromatic carbocycles. The van der Waals surface area contributed by atoms with E-state index in [1.165, 1.54) is 11.8 Å². The van der Waals surface area contributed by atoms with Gasteiger partial charge in [0.25, 0.3) is 0 Å². The number of amides is 2. The number of rotatable bonds is 10. The van der Waals surface area contributed by atoms with Gasteiger partial charge in [0.05, 0.1) is 29.6 Å². The van der Waals surface area contributed by atoms with E-state index in [9.17, 15) is 18.0 Å². The first-order valence-electron chi connectivity index (χ1n) is 10.1. The third-order valence-corrected chi connectivity index (χ3v) is 8.00. The minimum Gasteiger partial charge on any atom is -0.467 e. The van der Waals surface area contributed by atoms with Gasteiger partial charge in [0.1, 0.15) is 11.6 Å². The van der Waals surface area contributed by atoms with Crippen molar-refractivity contribution in [2.45, 2.75) is 56.1 Å². The predicted octanol–water partition coefficient (Wildman–Crippen LogP) is 0.854. The number of furan rings is 1. The molecular weight excluding hydrogens is 442 g/mol. The van der Waals surface area contributed by atoms with Gasteiger partial charge in [-0.1, -0.05) is 11.8 Å². The van der Waals surface area contributed by atoms with E-state index >= 15 is 0 Å². The lowest BCUT2D eigenvalue weighted by Crippen LogP contribution is -2.44. The molecule has 0 spiro atoms. The number of hydrogen-bond donors (Lipinski definition) is 1. The van der Waals surface area contributed by atoms with Crippen molar-refractivity contribution in [3.05, 3.63) is 30.0 Å². The lowest BCUT2D eigenvalue weighted by atomic mass is 10.2. The lowest BCUT2D eigenvalue weighted by Gasteiger charge is -2.29. The zero-order valence-corrected chi connectivity index (χ0v) is 19.2. The molecule has 2 aromatic rings. The third-order valence-electron chi connectivity index (χ3n) is 5.19. The number of hydrogen-bond acceptors (Lipinski definition) is 8. The molecule has 12 heteroatoms. The number of aromatic nitrogens is 3. The molecular formula is C19H27N5O5S2. The first-order valence-corrected chi connectivity index (χ1v) is 12.8. The molecule has 2 atom stereocenters. The summed E-state index contributed by atoms with van der Waals surface area (Å²) in [6.45, 7) is 4.41. The van der Waals surface area contributed by atoms with Crippen molar-refractivity contribution in [2.75, 3.05) is 18.1 Å². The van der Waals surface area contributed by atoms with Gasteiger partial charge in [-0.15, -0.1) is 10.2 Å². The number of aryl methyl sites for hydroxylation is 1. The second-order valence-electron chi connectivity index (χ2n) is 7.47. The van der Waals surface area contributed by atoms with Crippen LogP contribution in [0.3, 0.4) is 0 Å². The topological polar surface area (TPSA) is 141 Å². The summed E-state index contributed by atoms with van der Waals surface area (Å²) in [5.41, 5.74) is 5.27. The van der Waals surface area contributed by atoms with Gasteiger partial charge in [0.15, 0.2) is 15.0 Å². The summed E-state index contributed by atoms with van der Waals surface area (Å²) in [5, 5.41) is 8.43. The van der Waals surface area contributed by atoms with Crippen molar-refractivity contribution in [1.29, 1.82) is 0 Å². The average molecular weight is 470 g/mol. The molecule has 0 radical (unpaired) electrons. The van der Waals surface area contributed by atoms with E-state index < -0.39 is 21.0 Å². The highest BCUT2D eigenvalue weighted by atomic mass is 32.2. The maximum atomic E-state index is 13.1. The Morgan fingerprint density at radius 3 is 2.77 bits per heavy atom. The monoisotopic (exact) mass is 469 g/mol. The van der Waals surface area contributed by atoms with Crippen LogP contribution >= 0.6 is 11.8 Å². The second-order valence-corrected chi connectivity index (χ2v) is 11.0. The summed E-state index contributed by atoms with van der Waals surface area (Å²) < 4.78 is 30.9. The highest BCUT2D eigenvalue weighted by molar-refractivity contribution is 8.00. The first-order chi connectivity index (χ1) is 14.7. The Morgan fingerprint density at radius 2 is 2.19 bits per heavy atom. The lowest BCUT2D eigenvalue weighted by molar-refractivity contribution is -0.131. The largest absolute Gasteiger partial charge is 0.467 e. The summed E-state index contributed by atoms with van der Waals surface area (Å²) in [6.07, 6.45) is 2.49. The highest BCUT2D eigenvalue weighted by Gasteiger charge is 2.36. The normalized spacial score (nSPS) is 18.7. The van der Waals surface area contributed by atoms with Crippen LogP contribution < -0.4 is 5.73 Å². The van der Waals surface area contributed by atoms with Gasteiger partial charge in [0.2, 0.25) is 11.8 Å². The average Bonchev–Trinajstić information content (AvgIpc) is 3.43. The van der Waals surface area contributed by atoms with Crippen molar-refractivity contribution in [3.8, 4) is 0 Å². The van der Waals surface area contributed by atoms with Gasteiger partial charge in [0, 0.05) is 25.4 Å². The first kappa shape index (κ1) is 23.3. The molecule has 31 heavy (non-hydrogen) atoms. The molecule has 2 N–H and O–H groups in total. The van der Waals surface area contributed by atoms with E-state index in [2.05, 4.69) is 10.2 Å². The Balaban J connectivity index is 1.76. The Labute approximate surface area is 185 Å². The summed E-state index contributed by atoms with van der Waals surface area (Å²) in [6, 6.07) is 3.30. The third kappa shape index (κ3) is 5.88. The summed E-state index contributed by atoms with van der Waals surface area (Å²) >= 11 is 1.25. The molecule has 3 rings (SSSR count). The fourth-order valence-electron chi connectivity index (χ4n) is 3.60. The SMILES string of the molecule is CCN(C(=O)[C@@H](C)Sc1nnc(CCC(N)=O)n1Cc1ccco1)[C@H]1CCS(=O)(=O)C1. The van der Waals surface area contributed by atoms with E-state index in [1.54, 1.807) is 24.2 Å². The van der Waals surface area contributed by atoms with E-state index in [-0.39, 0.29) is 29.9 Å². The van der Waals surface area contributed by atoms with Crippen molar-refractivity contribution >= 4 is 33.4 Å². The number of carbonyl (C=O) groups is 2. The maximum Gasteiger partial charge on any atom is 0.236 e. The van der Waals surface area contributed by atoms with Gasteiger partial charge < -0.3 is 15.1 Å². The number of thioether (sulfide) groups is 1. The molecule has 1 aliphatic heterocycles. The van der Waals surface area contributed by atoms with Gasteiger partial charge >= 0.3 is 0 Å². The molecule has 0 aliphatic carbocycles. The fraction of sp³-hybridized carbons (Fsp3) is 0.579. The molecule has 1 aliphatic rings. The minimum absolute atomic E-state index is 0.00983. The standard InChI is InChI=1S/C19H27N5O5S2/c1-3-23(14-8-10-31(27,28)12-14)18(26)13(2)30-19-22-21-17(7-6-16(20)25)24(19)11-15-5-4-9-29-15/h4-5,9,13-14H,3,6-8,10-12H2,1-2H3,(H2,20,25)/t13-,14+/m1/s1. The van der Waals surface area contributed by atoms with E-state index in [0.29, 0.717) is 42.7 Å². The Hall–Kier alpha value is -2.34. The van der Waals surface area contributed by atoms with E-state index in [0.717, 1.165) is 0 Å². The Morgan fingerprint density at radius 1 is 1.42 bits per heavy atom. The second kappa shape index (κ2) is 9.86. The molecule has 0 saturated carbocycles. The van der Waals surface area contributed by atoms with Crippen LogP contribution in [0.25, 0.3) is 0 Å². The minimum atomic E-state index is -3.09. The smallest absolute Gasteiger partial charge is 0.236 e. The summed E-state index contributed by atoms with van der Waals surface area (Å²) in [4.78, 5) is 25.9. The molecule has 3 heterocycles. The molecule has 10 nitrogen and oxygen atoms in total. The van der Waals surface area contributed by atoms with Crippen LogP contribution in [0, 0.1) is 0 Å². The van der Waals surface area contributed by atoms with Gasteiger partial charge in [-0.3, -0.25) is 14.2 Å². The van der Waals surface area contributed by atoms with Crippen LogP contribution in [-0.2, 0) is 32.4 Å². The molecule has 1 fully saturated rings. The fourth-order valence-corrected chi connectivity index (χ4v) is 6.27. The Kier molecular flexibility index (Phi) is 7.42. The van der Waals surface area contributed by atoms with Crippen molar-refractivity contribution in [3.63, 3.8) is 0 Å². The number of primary amides is 1. The van der Waals surface area contributed by atoms with Crippen molar-refractivity contribution < 1.29 is 22.4 Å². The molecule has 0 unspecified atom stereocenters. The number of nitrogens with zero attached hydrogens (tertiary/aromatic N) is 4. The van der Waals surface area contributed by atoms with E-state index in [4.69, 9.17) is 10.2 Å². The molecule has 2 amide bonds. The maximum absolute atomic E-state index is 13.1. The molecule has 2 aromatic heterocycles. The van der Waals surface area contributed by atoms with Crippen LogP contribution in [-0.4, -0.2) is 69.2 Å². The van der Waals surface area contributed by atoms with Gasteiger partial charge in [-0.25, -0.2) is 8.42 Å². The summed E-state index contributed by atoms with van der Waals surface area (Å²) in [5.74, 6) is 0.815. The molecule has 0 bridgehead atoms. The number of nitrogens with two attached hydrogens (primary N) is 1. The van der Waals surface area contributed by atoms with Crippen LogP contribution in [0.2, 0.25) is 0 Å². The number of sulfone groups is 1. The summed E-state index contributed by atoms with van der Waals surface area (Å²) in [7, 11) is -3.09. The molecule has 1 saturated heterocycles. The highest BCUT2D eigenvalue weighted by Crippen LogP contribution is 2.27. The zero-order chi connectivity index (χ0) is 22.6. The zero-order valence-electron chi connectivity index (χ0n) is 17.6. The van der Waals surface area contributed by atoms with Crippen LogP contribution in [0.15, 0.2) is 28.0 Å². The Bertz CT molecular complexity index is 1020. The van der Waals surface area contributed by atoms with Crippen LogP contribution in [0.5, 0.6) is 0 Å². The van der Waals surface area contributed by atoms with Crippen LogP contribution in [0.1, 0.15) is 38.3 Å². The van der Waals surface area contributed by atoms with Crippen LogP contribution in [0.4, 0.5) is 0 Å². The predicted molar refractivity (Wildman–Crippen MR) is 115 cm³/mol. The van der Waals surface area contributed by atoms with Crippen molar-refractivity contribution in [1.82, 2.24) is 19.7 Å². The number of carbonyl (C=O) groups excluding carboxylic acids is 2. The van der Waals surface area contributed by atoms with Gasteiger partial charge in [-0.2, -0.15) is 0 Å². The van der Waals surface area contributed by atoms with E-state index in [1.807, 2.05) is 17.6 Å². The molecule has 170 valence electrons. The van der Waals surface area contributed by atoms with Crippen molar-refractivity contribution in [2.24, 2.45) is 5.73 Å².